The van der Waals surface area contributed by atoms with Crippen LogP contribution in [0.1, 0.15) is 22.4 Å². The number of methoxy groups -OCH3 is 1. The van der Waals surface area contributed by atoms with Crippen LogP contribution in [0.25, 0.3) is 22.0 Å². The lowest BCUT2D eigenvalue weighted by molar-refractivity contribution is 0.117. The van der Waals surface area contributed by atoms with Gasteiger partial charge in [-0.1, -0.05) is 29.8 Å². The lowest BCUT2D eigenvalue weighted by atomic mass is 9.83. The molecule has 0 aliphatic carbocycles. The van der Waals surface area contributed by atoms with Crippen molar-refractivity contribution < 1.29 is 18.6 Å². The highest BCUT2D eigenvalue weighted by molar-refractivity contribution is 6.38. The Bertz CT molecular complexity index is 1600. The number of pyridine rings is 2. The van der Waals surface area contributed by atoms with Gasteiger partial charge in [0, 0.05) is 24.2 Å². The summed E-state index contributed by atoms with van der Waals surface area (Å²) >= 11 is 6.93. The van der Waals surface area contributed by atoms with Crippen LogP contribution < -0.4 is 4.74 Å². The summed E-state index contributed by atoms with van der Waals surface area (Å²) in [7, 11) is 3.22. The summed E-state index contributed by atoms with van der Waals surface area (Å²) in [4.78, 5) is 12.6. The molecule has 182 valence electrons. The van der Waals surface area contributed by atoms with E-state index >= 15 is 0 Å². The van der Waals surface area contributed by atoms with Crippen molar-refractivity contribution in [1.29, 1.82) is 0 Å². The molecule has 0 fully saturated rings. The second kappa shape index (κ2) is 8.96. The average molecular weight is 507 g/mol. The number of ether oxygens (including phenoxy) is 1. The molecule has 0 aliphatic heterocycles. The fraction of sp³-hybridized carbons (Fsp3) is 0.148. The zero-order valence-electron chi connectivity index (χ0n) is 19.6. The minimum Gasteiger partial charge on any atom is -0.480 e. The predicted molar refractivity (Wildman–Crippen MR) is 133 cm³/mol. The number of imidazole rings is 1. The van der Waals surface area contributed by atoms with Gasteiger partial charge >= 0.3 is 0 Å². The molecule has 5 rings (SSSR count). The summed E-state index contributed by atoms with van der Waals surface area (Å²) in [6.45, 7) is 1.84. The molecule has 1 N–H and O–H groups in total. The molecule has 0 spiro atoms. The Kier molecular flexibility index (Phi) is 5.94. The molecule has 2 aromatic carbocycles. The Morgan fingerprint density at radius 3 is 2.50 bits per heavy atom. The van der Waals surface area contributed by atoms with Gasteiger partial charge in [0.15, 0.2) is 5.60 Å². The molecule has 5 aromatic rings. The molecule has 0 aliphatic rings. The van der Waals surface area contributed by atoms with Crippen molar-refractivity contribution in [2.24, 2.45) is 7.05 Å². The van der Waals surface area contributed by atoms with Crippen molar-refractivity contribution in [3.8, 4) is 17.0 Å². The fourth-order valence-corrected chi connectivity index (χ4v) is 4.82. The van der Waals surface area contributed by atoms with Gasteiger partial charge in [-0.2, -0.15) is 4.39 Å². The van der Waals surface area contributed by atoms with Crippen LogP contribution >= 0.6 is 11.6 Å². The molecular formula is C27H21ClF2N4O2. The minimum atomic E-state index is -1.74. The molecule has 0 radical (unpaired) electrons. The number of aliphatic hydroxyl groups is 1. The molecule has 0 bridgehead atoms. The van der Waals surface area contributed by atoms with Gasteiger partial charge in [0.2, 0.25) is 11.8 Å². The molecule has 6 nitrogen and oxygen atoms in total. The van der Waals surface area contributed by atoms with Crippen LogP contribution in [0, 0.1) is 18.7 Å². The van der Waals surface area contributed by atoms with Crippen molar-refractivity contribution >= 4 is 22.5 Å². The van der Waals surface area contributed by atoms with Gasteiger partial charge in [-0.15, -0.1) is 0 Å². The summed E-state index contributed by atoms with van der Waals surface area (Å²) in [6, 6.07) is 12.1. The third-order valence-corrected chi connectivity index (χ3v) is 6.63. The summed E-state index contributed by atoms with van der Waals surface area (Å²) in [5, 5.41) is 13.0. The smallest absolute Gasteiger partial charge is 0.223 e. The van der Waals surface area contributed by atoms with E-state index in [0.717, 1.165) is 0 Å². The number of hydrogen-bond donors (Lipinski definition) is 1. The summed E-state index contributed by atoms with van der Waals surface area (Å²) in [6.07, 6.45) is 4.38. The van der Waals surface area contributed by atoms with Gasteiger partial charge < -0.3 is 14.4 Å². The highest BCUT2D eigenvalue weighted by atomic mass is 35.5. The molecule has 0 saturated carbocycles. The first-order valence-corrected chi connectivity index (χ1v) is 11.4. The number of rotatable bonds is 5. The molecule has 3 heterocycles. The quantitative estimate of drug-likeness (QED) is 0.316. The molecule has 1 unspecified atom stereocenters. The van der Waals surface area contributed by atoms with Crippen LogP contribution in [-0.4, -0.2) is 31.7 Å². The van der Waals surface area contributed by atoms with Crippen molar-refractivity contribution in [3.05, 3.63) is 106 Å². The van der Waals surface area contributed by atoms with Gasteiger partial charge in [0.1, 0.15) is 5.82 Å². The lowest BCUT2D eigenvalue weighted by Crippen LogP contribution is -2.31. The first-order chi connectivity index (χ1) is 17.2. The third kappa shape index (κ3) is 3.79. The normalized spacial score (nSPS) is 13.1. The van der Waals surface area contributed by atoms with Crippen LogP contribution in [-0.2, 0) is 12.6 Å². The van der Waals surface area contributed by atoms with E-state index in [-0.39, 0.29) is 10.9 Å². The summed E-state index contributed by atoms with van der Waals surface area (Å²) < 4.78 is 34.9. The number of aryl methyl sites for hydroxylation is 2. The molecule has 9 heteroatoms. The van der Waals surface area contributed by atoms with E-state index in [9.17, 15) is 13.9 Å². The average Bonchev–Trinajstić information content (AvgIpc) is 3.30. The second-order valence-corrected chi connectivity index (χ2v) is 8.86. The number of nitrogens with zero attached hydrogens (tertiary/aromatic N) is 4. The van der Waals surface area contributed by atoms with E-state index < -0.39 is 17.4 Å². The van der Waals surface area contributed by atoms with E-state index in [2.05, 4.69) is 15.0 Å². The number of hydrogen-bond acceptors (Lipinski definition) is 5. The number of halogens is 3. The molecule has 0 saturated heterocycles. The van der Waals surface area contributed by atoms with Gasteiger partial charge in [0.25, 0.3) is 0 Å². The first-order valence-electron chi connectivity index (χ1n) is 11.0. The van der Waals surface area contributed by atoms with E-state index in [0.29, 0.717) is 44.4 Å². The van der Waals surface area contributed by atoms with E-state index in [4.69, 9.17) is 16.3 Å². The Balaban J connectivity index is 1.83. The van der Waals surface area contributed by atoms with Gasteiger partial charge in [0.05, 0.1) is 41.4 Å². The maximum absolute atomic E-state index is 14.1. The number of fused-ring (bicyclic) bond motifs is 1. The van der Waals surface area contributed by atoms with Crippen LogP contribution in [0.4, 0.5) is 8.78 Å². The minimum absolute atomic E-state index is 0.249. The fourth-order valence-electron chi connectivity index (χ4n) is 4.49. The maximum Gasteiger partial charge on any atom is 0.223 e. The summed E-state index contributed by atoms with van der Waals surface area (Å²) in [5.74, 6) is -0.844. The predicted octanol–water partition coefficient (Wildman–Crippen LogP) is 5.56. The SMILES string of the molecule is COc1nc2c(C)cc(C(O)(c3ccc(F)nc3)c3cncn3C)cc2c(Cl)c1-c1cccc(F)c1. The largest absolute Gasteiger partial charge is 0.480 e. The second-order valence-electron chi connectivity index (χ2n) is 8.48. The van der Waals surface area contributed by atoms with Crippen LogP contribution in [0.5, 0.6) is 5.88 Å². The summed E-state index contributed by atoms with van der Waals surface area (Å²) in [5.41, 5.74) is 1.69. The van der Waals surface area contributed by atoms with Gasteiger partial charge in [-0.25, -0.2) is 19.3 Å². The van der Waals surface area contributed by atoms with E-state index in [1.165, 1.54) is 43.8 Å². The van der Waals surface area contributed by atoms with Crippen LogP contribution in [0.3, 0.4) is 0 Å². The van der Waals surface area contributed by atoms with Gasteiger partial charge in [-0.05, 0) is 53.9 Å². The number of benzene rings is 2. The Morgan fingerprint density at radius 1 is 1.06 bits per heavy atom. The van der Waals surface area contributed by atoms with Crippen LogP contribution in [0.2, 0.25) is 5.02 Å². The third-order valence-electron chi connectivity index (χ3n) is 6.24. The van der Waals surface area contributed by atoms with Gasteiger partial charge in [-0.3, -0.25) is 0 Å². The van der Waals surface area contributed by atoms with Crippen molar-refractivity contribution in [2.45, 2.75) is 12.5 Å². The molecule has 0 amide bonds. The first kappa shape index (κ1) is 23.8. The van der Waals surface area contributed by atoms with Crippen LogP contribution in [0.15, 0.2) is 67.3 Å². The molecule has 1 atom stereocenters. The zero-order valence-corrected chi connectivity index (χ0v) is 20.4. The van der Waals surface area contributed by atoms with E-state index in [1.807, 2.05) is 6.92 Å². The lowest BCUT2D eigenvalue weighted by Gasteiger charge is -2.30. The molecular weight excluding hydrogens is 486 g/mol. The highest BCUT2D eigenvalue weighted by Gasteiger charge is 2.38. The zero-order chi connectivity index (χ0) is 25.6. The maximum atomic E-state index is 14.1. The van der Waals surface area contributed by atoms with E-state index in [1.54, 1.807) is 42.2 Å². The standard InChI is InChI=1S/C27H21ClF2N4O2/c1-15-9-18(27(35,21-13-31-14-34(21)2)17-7-8-22(30)32-12-17)11-20-24(28)23(26(36-3)33-25(15)20)16-5-4-6-19(29)10-16/h4-14,35H,1-3H3. The molecule has 36 heavy (non-hydrogen) atoms. The Morgan fingerprint density at radius 2 is 1.86 bits per heavy atom. The van der Waals surface area contributed by atoms with Crippen molar-refractivity contribution in [2.75, 3.05) is 7.11 Å². The Labute approximate surface area is 210 Å². The molecule has 3 aromatic heterocycles. The van der Waals surface area contributed by atoms with Crippen molar-refractivity contribution in [3.63, 3.8) is 0 Å². The monoisotopic (exact) mass is 506 g/mol. The number of aromatic nitrogens is 4. The Hall–Kier alpha value is -3.88. The van der Waals surface area contributed by atoms with Crippen molar-refractivity contribution in [1.82, 2.24) is 19.5 Å². The highest BCUT2D eigenvalue weighted by Crippen LogP contribution is 2.44. The topological polar surface area (TPSA) is 73.1 Å².